The molecular formula is C15H17F4NO4. The zero-order valence-corrected chi connectivity index (χ0v) is 13.4. The lowest BCUT2D eigenvalue weighted by Crippen LogP contribution is -2.43. The third-order valence-electron chi connectivity index (χ3n) is 2.96. The van der Waals surface area contributed by atoms with Gasteiger partial charge in [-0.25, -0.2) is 8.78 Å². The van der Waals surface area contributed by atoms with Crippen LogP contribution in [0.1, 0.15) is 20.8 Å². The molecule has 0 heterocycles. The van der Waals surface area contributed by atoms with E-state index in [-0.39, 0.29) is 12.7 Å². The molecule has 24 heavy (non-hydrogen) atoms. The monoisotopic (exact) mass is 351 g/mol. The van der Waals surface area contributed by atoms with Crippen molar-refractivity contribution in [3.8, 4) is 5.75 Å². The smallest absolute Gasteiger partial charge is 0.325 e. The number of esters is 1. The van der Waals surface area contributed by atoms with E-state index in [1.54, 1.807) is 20.8 Å². The molecule has 5 nitrogen and oxygen atoms in total. The summed E-state index contributed by atoms with van der Waals surface area (Å²) in [5.41, 5.74) is 0. The summed E-state index contributed by atoms with van der Waals surface area (Å²) in [6.45, 7) is 3.60. The Balaban J connectivity index is 2.85. The molecule has 0 saturated heterocycles. The standard InChI is InChI=1S/C15H17F4NO4/c1-4-23-12(22)6-20(8(2)3)11(21)7-24-15-13(18)9(16)5-10(17)14(15)19/h5,8H,4,6-7H2,1-3H3. The van der Waals surface area contributed by atoms with Gasteiger partial charge < -0.3 is 14.4 Å². The molecule has 1 amide bonds. The summed E-state index contributed by atoms with van der Waals surface area (Å²) < 4.78 is 62.4. The van der Waals surface area contributed by atoms with Crippen molar-refractivity contribution in [2.45, 2.75) is 26.8 Å². The molecule has 1 aromatic carbocycles. The van der Waals surface area contributed by atoms with E-state index in [0.717, 1.165) is 4.90 Å². The first kappa shape index (κ1) is 19.7. The highest BCUT2D eigenvalue weighted by molar-refractivity contribution is 5.83. The molecule has 0 saturated carbocycles. The second kappa shape index (κ2) is 8.51. The molecule has 0 aliphatic heterocycles. The predicted molar refractivity (Wildman–Crippen MR) is 75.3 cm³/mol. The normalized spacial score (nSPS) is 10.7. The third kappa shape index (κ3) is 4.84. The van der Waals surface area contributed by atoms with Gasteiger partial charge >= 0.3 is 5.97 Å². The van der Waals surface area contributed by atoms with E-state index in [1.165, 1.54) is 0 Å². The van der Waals surface area contributed by atoms with Gasteiger partial charge in [0, 0.05) is 12.1 Å². The lowest BCUT2D eigenvalue weighted by Gasteiger charge is -2.25. The molecule has 0 aliphatic carbocycles. The van der Waals surface area contributed by atoms with Gasteiger partial charge in [-0.3, -0.25) is 9.59 Å². The fourth-order valence-corrected chi connectivity index (χ4v) is 1.80. The Morgan fingerprint density at radius 2 is 1.67 bits per heavy atom. The van der Waals surface area contributed by atoms with Crippen LogP contribution in [0.2, 0.25) is 0 Å². The van der Waals surface area contributed by atoms with Crippen molar-refractivity contribution in [1.82, 2.24) is 4.90 Å². The summed E-state index contributed by atoms with van der Waals surface area (Å²) in [4.78, 5) is 24.6. The number of amides is 1. The van der Waals surface area contributed by atoms with E-state index in [4.69, 9.17) is 4.74 Å². The van der Waals surface area contributed by atoms with Crippen LogP contribution in [0.3, 0.4) is 0 Å². The van der Waals surface area contributed by atoms with Crippen LogP contribution in [0, 0.1) is 23.3 Å². The van der Waals surface area contributed by atoms with Crippen molar-refractivity contribution in [1.29, 1.82) is 0 Å². The van der Waals surface area contributed by atoms with Crippen LogP contribution in [0.4, 0.5) is 17.6 Å². The van der Waals surface area contributed by atoms with Gasteiger partial charge in [0.15, 0.2) is 24.0 Å². The maximum absolute atomic E-state index is 13.5. The average molecular weight is 351 g/mol. The van der Waals surface area contributed by atoms with Crippen LogP contribution in [-0.2, 0) is 14.3 Å². The number of ether oxygens (including phenoxy) is 2. The lowest BCUT2D eigenvalue weighted by molar-refractivity contribution is -0.150. The maximum Gasteiger partial charge on any atom is 0.325 e. The number of carbonyl (C=O) groups excluding carboxylic acids is 2. The highest BCUT2D eigenvalue weighted by Gasteiger charge is 2.25. The van der Waals surface area contributed by atoms with Crippen molar-refractivity contribution >= 4 is 11.9 Å². The van der Waals surface area contributed by atoms with Crippen molar-refractivity contribution in [3.63, 3.8) is 0 Å². The highest BCUT2D eigenvalue weighted by Crippen LogP contribution is 2.26. The van der Waals surface area contributed by atoms with E-state index < -0.39 is 60.1 Å². The van der Waals surface area contributed by atoms with Crippen molar-refractivity contribution in [2.24, 2.45) is 0 Å². The zero-order chi connectivity index (χ0) is 18.4. The summed E-state index contributed by atoms with van der Waals surface area (Å²) in [5.74, 6) is -9.60. The third-order valence-corrected chi connectivity index (χ3v) is 2.96. The average Bonchev–Trinajstić information content (AvgIpc) is 2.50. The van der Waals surface area contributed by atoms with Gasteiger partial charge in [0.1, 0.15) is 6.54 Å². The lowest BCUT2D eigenvalue weighted by atomic mass is 10.3. The van der Waals surface area contributed by atoms with Crippen molar-refractivity contribution < 1.29 is 36.6 Å². The van der Waals surface area contributed by atoms with E-state index in [1.807, 2.05) is 0 Å². The summed E-state index contributed by atoms with van der Waals surface area (Å²) in [6, 6.07) is -0.412. The quantitative estimate of drug-likeness (QED) is 0.430. The largest absolute Gasteiger partial charge is 0.477 e. The molecule has 0 aromatic heterocycles. The summed E-state index contributed by atoms with van der Waals surface area (Å²) in [7, 11) is 0. The number of hydrogen-bond acceptors (Lipinski definition) is 4. The molecule has 0 bridgehead atoms. The van der Waals surface area contributed by atoms with Gasteiger partial charge in [0.05, 0.1) is 6.61 Å². The number of benzene rings is 1. The first-order valence-electron chi connectivity index (χ1n) is 7.09. The highest BCUT2D eigenvalue weighted by atomic mass is 19.2. The molecule has 0 unspecified atom stereocenters. The molecule has 1 aromatic rings. The van der Waals surface area contributed by atoms with Crippen LogP contribution in [0.25, 0.3) is 0 Å². The van der Waals surface area contributed by atoms with E-state index in [2.05, 4.69) is 4.74 Å². The molecule has 0 radical (unpaired) electrons. The van der Waals surface area contributed by atoms with Gasteiger partial charge in [-0.2, -0.15) is 8.78 Å². The van der Waals surface area contributed by atoms with Gasteiger partial charge in [0.2, 0.25) is 11.6 Å². The summed E-state index contributed by atoms with van der Waals surface area (Å²) >= 11 is 0. The first-order valence-corrected chi connectivity index (χ1v) is 7.09. The number of hydrogen-bond donors (Lipinski definition) is 0. The van der Waals surface area contributed by atoms with Gasteiger partial charge in [-0.05, 0) is 20.8 Å². The number of rotatable bonds is 7. The Labute approximate surface area is 136 Å². The van der Waals surface area contributed by atoms with E-state index in [9.17, 15) is 27.2 Å². The molecule has 9 heteroatoms. The Bertz CT molecular complexity index is 596. The van der Waals surface area contributed by atoms with Crippen molar-refractivity contribution in [3.05, 3.63) is 29.3 Å². The SMILES string of the molecule is CCOC(=O)CN(C(=O)COc1c(F)c(F)cc(F)c1F)C(C)C. The molecule has 134 valence electrons. The van der Waals surface area contributed by atoms with Crippen LogP contribution in [0.5, 0.6) is 5.75 Å². The molecule has 1 rings (SSSR count). The number of nitrogens with zero attached hydrogens (tertiary/aromatic N) is 1. The summed E-state index contributed by atoms with van der Waals surface area (Å²) in [6.07, 6.45) is 0. The second-order valence-corrected chi connectivity index (χ2v) is 5.01. The van der Waals surface area contributed by atoms with Crippen LogP contribution in [-0.4, -0.2) is 42.6 Å². The summed E-state index contributed by atoms with van der Waals surface area (Å²) in [5, 5.41) is 0. The van der Waals surface area contributed by atoms with Crippen LogP contribution < -0.4 is 4.74 Å². The molecule has 0 N–H and O–H groups in total. The molecule has 0 atom stereocenters. The molecule has 0 fully saturated rings. The Morgan fingerprint density at radius 1 is 1.12 bits per heavy atom. The number of halogens is 4. The minimum absolute atomic E-state index is 0.0283. The number of carbonyl (C=O) groups is 2. The molecule has 0 aliphatic rings. The van der Waals surface area contributed by atoms with E-state index in [0.29, 0.717) is 0 Å². The topological polar surface area (TPSA) is 55.8 Å². The van der Waals surface area contributed by atoms with Crippen LogP contribution >= 0.6 is 0 Å². The molecule has 0 spiro atoms. The minimum Gasteiger partial charge on any atom is -0.477 e. The van der Waals surface area contributed by atoms with E-state index >= 15 is 0 Å². The second-order valence-electron chi connectivity index (χ2n) is 5.01. The molecular weight excluding hydrogens is 334 g/mol. The Kier molecular flexibility index (Phi) is 6.99. The van der Waals surface area contributed by atoms with Gasteiger partial charge in [-0.15, -0.1) is 0 Å². The zero-order valence-electron chi connectivity index (χ0n) is 13.4. The van der Waals surface area contributed by atoms with Crippen molar-refractivity contribution in [2.75, 3.05) is 19.8 Å². The fraction of sp³-hybridized carbons (Fsp3) is 0.467. The first-order chi connectivity index (χ1) is 11.2. The Hall–Kier alpha value is -2.32. The maximum atomic E-state index is 13.5. The van der Waals surface area contributed by atoms with Gasteiger partial charge in [-0.1, -0.05) is 0 Å². The van der Waals surface area contributed by atoms with Gasteiger partial charge in [0.25, 0.3) is 5.91 Å². The van der Waals surface area contributed by atoms with Crippen LogP contribution in [0.15, 0.2) is 6.07 Å². The minimum atomic E-state index is -1.75. The Morgan fingerprint density at radius 3 is 2.12 bits per heavy atom. The predicted octanol–water partition coefficient (Wildman–Crippen LogP) is 2.42. The fourth-order valence-electron chi connectivity index (χ4n) is 1.80.